The van der Waals surface area contributed by atoms with Crippen LogP contribution in [0.4, 0.5) is 5.69 Å². The van der Waals surface area contributed by atoms with E-state index in [0.717, 1.165) is 16.0 Å². The Labute approximate surface area is 157 Å². The number of aryl methyl sites for hydroxylation is 2. The van der Waals surface area contributed by atoms with E-state index >= 15 is 0 Å². The van der Waals surface area contributed by atoms with Crippen molar-refractivity contribution in [2.24, 2.45) is 5.92 Å². The van der Waals surface area contributed by atoms with Crippen molar-refractivity contribution >= 4 is 28.7 Å². The lowest BCUT2D eigenvalue weighted by Crippen LogP contribution is -2.30. The summed E-state index contributed by atoms with van der Waals surface area (Å²) in [6.07, 6.45) is 0.301. The van der Waals surface area contributed by atoms with Gasteiger partial charge in [0.05, 0.1) is 5.57 Å². The lowest BCUT2D eigenvalue weighted by atomic mass is 9.95. The summed E-state index contributed by atoms with van der Waals surface area (Å²) in [5, 5.41) is 12.5. The SMILES string of the molecule is Cc1ccc(N2C(=O)C(O)=C(C(=O)CC(C)C)C2c2cccs2)cc1C. The number of carbonyl (C=O) groups excluding carboxylic acids is 2. The van der Waals surface area contributed by atoms with E-state index in [9.17, 15) is 14.7 Å². The molecule has 0 spiro atoms. The van der Waals surface area contributed by atoms with Gasteiger partial charge < -0.3 is 5.11 Å². The van der Waals surface area contributed by atoms with Gasteiger partial charge in [0.25, 0.3) is 5.91 Å². The molecule has 0 aliphatic carbocycles. The van der Waals surface area contributed by atoms with Crippen LogP contribution in [-0.4, -0.2) is 16.8 Å². The van der Waals surface area contributed by atoms with E-state index in [1.807, 2.05) is 63.4 Å². The summed E-state index contributed by atoms with van der Waals surface area (Å²) >= 11 is 1.48. The van der Waals surface area contributed by atoms with E-state index in [2.05, 4.69) is 0 Å². The van der Waals surface area contributed by atoms with Gasteiger partial charge in [0.2, 0.25) is 0 Å². The van der Waals surface area contributed by atoms with Crippen molar-refractivity contribution in [1.29, 1.82) is 0 Å². The number of hydrogen-bond acceptors (Lipinski definition) is 4. The van der Waals surface area contributed by atoms with Crippen LogP contribution in [0.2, 0.25) is 0 Å². The van der Waals surface area contributed by atoms with Crippen LogP contribution in [0.1, 0.15) is 42.3 Å². The molecule has 0 bridgehead atoms. The third-order valence-corrected chi connectivity index (χ3v) is 5.61. The van der Waals surface area contributed by atoms with Gasteiger partial charge in [-0.05, 0) is 54.5 Å². The molecule has 1 aromatic heterocycles. The van der Waals surface area contributed by atoms with Crippen molar-refractivity contribution in [2.45, 2.75) is 40.2 Å². The second-order valence-corrected chi connectivity index (χ2v) is 8.12. The molecule has 2 heterocycles. The molecule has 1 unspecified atom stereocenters. The zero-order valence-electron chi connectivity index (χ0n) is 15.4. The summed E-state index contributed by atoms with van der Waals surface area (Å²) < 4.78 is 0. The molecule has 1 aliphatic heterocycles. The van der Waals surface area contributed by atoms with Crippen LogP contribution < -0.4 is 4.90 Å². The van der Waals surface area contributed by atoms with Crippen molar-refractivity contribution < 1.29 is 14.7 Å². The second kappa shape index (κ2) is 7.08. The molecule has 5 heteroatoms. The Bertz CT molecular complexity index is 881. The third kappa shape index (κ3) is 3.19. The fourth-order valence-electron chi connectivity index (χ4n) is 3.23. The molecule has 1 amide bonds. The summed E-state index contributed by atoms with van der Waals surface area (Å²) in [6.45, 7) is 7.90. The molecule has 0 saturated heterocycles. The molecule has 4 nitrogen and oxygen atoms in total. The highest BCUT2D eigenvalue weighted by atomic mass is 32.1. The minimum atomic E-state index is -0.573. The first-order valence-electron chi connectivity index (χ1n) is 8.71. The average Bonchev–Trinajstić information content (AvgIpc) is 3.17. The van der Waals surface area contributed by atoms with Crippen LogP contribution in [0.3, 0.4) is 0 Å². The highest BCUT2D eigenvalue weighted by molar-refractivity contribution is 7.10. The minimum Gasteiger partial charge on any atom is -0.503 e. The highest BCUT2D eigenvalue weighted by Gasteiger charge is 2.44. The summed E-state index contributed by atoms with van der Waals surface area (Å²) in [6, 6.07) is 8.96. The van der Waals surface area contributed by atoms with Crippen molar-refractivity contribution in [1.82, 2.24) is 0 Å². The standard InChI is InChI=1S/C21H23NO3S/c1-12(2)10-16(23)18-19(17-6-5-9-26-17)22(21(25)20(18)24)15-8-7-13(3)14(4)11-15/h5-9,11-12,19,24H,10H2,1-4H3. The molecule has 1 aromatic carbocycles. The Balaban J connectivity index is 2.12. The predicted molar refractivity (Wildman–Crippen MR) is 105 cm³/mol. The van der Waals surface area contributed by atoms with E-state index in [4.69, 9.17) is 0 Å². The molecule has 1 aliphatic rings. The van der Waals surface area contributed by atoms with Crippen molar-refractivity contribution in [2.75, 3.05) is 4.90 Å². The van der Waals surface area contributed by atoms with Crippen LogP contribution >= 0.6 is 11.3 Å². The summed E-state index contributed by atoms with van der Waals surface area (Å²) in [4.78, 5) is 28.1. The lowest BCUT2D eigenvalue weighted by Gasteiger charge is -2.26. The topological polar surface area (TPSA) is 57.6 Å². The maximum Gasteiger partial charge on any atom is 0.294 e. The van der Waals surface area contributed by atoms with E-state index in [0.29, 0.717) is 12.1 Å². The maximum atomic E-state index is 12.9. The van der Waals surface area contributed by atoms with Gasteiger partial charge in [0.15, 0.2) is 11.5 Å². The van der Waals surface area contributed by atoms with E-state index in [1.165, 1.54) is 11.3 Å². The first-order valence-corrected chi connectivity index (χ1v) is 9.59. The number of carbonyl (C=O) groups is 2. The lowest BCUT2D eigenvalue weighted by molar-refractivity contribution is -0.118. The minimum absolute atomic E-state index is 0.151. The van der Waals surface area contributed by atoms with Crippen LogP contribution in [0.15, 0.2) is 47.0 Å². The molecular formula is C21H23NO3S. The van der Waals surface area contributed by atoms with Gasteiger partial charge in [-0.2, -0.15) is 0 Å². The smallest absolute Gasteiger partial charge is 0.294 e. The number of aliphatic hydroxyl groups is 1. The Morgan fingerprint density at radius 3 is 2.54 bits per heavy atom. The largest absolute Gasteiger partial charge is 0.503 e. The molecule has 0 fully saturated rings. The van der Waals surface area contributed by atoms with Gasteiger partial charge in [0.1, 0.15) is 6.04 Å². The van der Waals surface area contributed by atoms with Gasteiger partial charge >= 0.3 is 0 Å². The average molecular weight is 369 g/mol. The van der Waals surface area contributed by atoms with Crippen LogP contribution in [-0.2, 0) is 9.59 Å². The quantitative estimate of drug-likeness (QED) is 0.817. The van der Waals surface area contributed by atoms with Crippen molar-refractivity contribution in [3.05, 3.63) is 63.0 Å². The Morgan fingerprint density at radius 1 is 1.23 bits per heavy atom. The molecule has 1 atom stereocenters. The van der Waals surface area contributed by atoms with Crippen molar-refractivity contribution in [3.63, 3.8) is 0 Å². The number of Topliss-reactive ketones (excluding diaryl/α,β-unsaturated/α-hetero) is 1. The molecule has 3 rings (SSSR count). The monoisotopic (exact) mass is 369 g/mol. The number of anilines is 1. The van der Waals surface area contributed by atoms with Gasteiger partial charge in [-0.25, -0.2) is 0 Å². The number of hydrogen-bond donors (Lipinski definition) is 1. The number of thiophene rings is 1. The molecular weight excluding hydrogens is 346 g/mol. The summed E-state index contributed by atoms with van der Waals surface area (Å²) in [7, 11) is 0. The number of amides is 1. The van der Waals surface area contributed by atoms with Crippen LogP contribution in [0.25, 0.3) is 0 Å². The normalized spacial score (nSPS) is 17.5. The Morgan fingerprint density at radius 2 is 1.96 bits per heavy atom. The number of rotatable bonds is 5. The highest BCUT2D eigenvalue weighted by Crippen LogP contribution is 2.43. The van der Waals surface area contributed by atoms with Crippen molar-refractivity contribution in [3.8, 4) is 0 Å². The first-order chi connectivity index (χ1) is 12.3. The molecule has 0 radical (unpaired) electrons. The van der Waals surface area contributed by atoms with Crippen LogP contribution in [0.5, 0.6) is 0 Å². The number of benzene rings is 1. The Kier molecular flexibility index (Phi) is 5.01. The zero-order chi connectivity index (χ0) is 19.0. The Hall–Kier alpha value is -2.40. The van der Waals surface area contributed by atoms with Gasteiger partial charge in [-0.15, -0.1) is 11.3 Å². The fourth-order valence-corrected chi connectivity index (χ4v) is 4.05. The first kappa shape index (κ1) is 18.4. The maximum absolute atomic E-state index is 12.9. The van der Waals surface area contributed by atoms with Gasteiger partial charge in [-0.1, -0.05) is 26.0 Å². The van der Waals surface area contributed by atoms with E-state index < -0.39 is 17.7 Å². The number of nitrogens with zero attached hydrogens (tertiary/aromatic N) is 1. The molecule has 1 N–H and O–H groups in total. The third-order valence-electron chi connectivity index (χ3n) is 4.68. The number of aliphatic hydroxyl groups excluding tert-OH is 1. The predicted octanol–water partition coefficient (Wildman–Crippen LogP) is 4.88. The van der Waals surface area contributed by atoms with E-state index in [1.54, 1.807) is 4.90 Å². The summed E-state index contributed by atoms with van der Waals surface area (Å²) in [5.74, 6) is -0.959. The number of ketones is 1. The molecule has 0 saturated carbocycles. The molecule has 136 valence electrons. The zero-order valence-corrected chi connectivity index (χ0v) is 16.3. The fraction of sp³-hybridized carbons (Fsp3) is 0.333. The van der Waals surface area contributed by atoms with Crippen LogP contribution in [0, 0.1) is 19.8 Å². The van der Waals surface area contributed by atoms with Gasteiger partial charge in [0, 0.05) is 17.0 Å². The molecule has 2 aromatic rings. The molecule has 26 heavy (non-hydrogen) atoms. The summed E-state index contributed by atoms with van der Waals surface area (Å²) in [5.41, 5.74) is 3.09. The van der Waals surface area contributed by atoms with E-state index in [-0.39, 0.29) is 17.3 Å². The van der Waals surface area contributed by atoms with Gasteiger partial charge in [-0.3, -0.25) is 14.5 Å². The second-order valence-electron chi connectivity index (χ2n) is 7.15.